The molecule has 4 aromatic rings. The average Bonchev–Trinajstić information content (AvgIpc) is 2.72. The molecule has 0 atom stereocenters. The number of para-hydroxylation sites is 1. The number of rotatable bonds is 4. The highest BCUT2D eigenvalue weighted by atomic mass is 15.1. The van der Waals surface area contributed by atoms with Crippen molar-refractivity contribution in [3.8, 4) is 11.1 Å². The minimum absolute atomic E-state index is 1.04. The number of hydrogen-bond acceptors (Lipinski definition) is 2. The van der Waals surface area contributed by atoms with Crippen molar-refractivity contribution < 1.29 is 0 Å². The zero-order chi connectivity index (χ0) is 18.6. The van der Waals surface area contributed by atoms with Crippen LogP contribution in [0.15, 0.2) is 85.1 Å². The number of benzene rings is 3. The predicted octanol–water partition coefficient (Wildman–Crippen LogP) is 6.14. The van der Waals surface area contributed by atoms with Gasteiger partial charge in [0, 0.05) is 36.9 Å². The van der Waals surface area contributed by atoms with Crippen molar-refractivity contribution >= 4 is 28.7 Å². The molecule has 132 valence electrons. The summed E-state index contributed by atoms with van der Waals surface area (Å²) in [4.78, 5) is 6.77. The molecule has 0 fully saturated rings. The van der Waals surface area contributed by atoms with Gasteiger partial charge in [0.05, 0.1) is 5.52 Å². The molecule has 0 aliphatic carbocycles. The largest absolute Gasteiger partial charge is 0.378 e. The summed E-state index contributed by atoms with van der Waals surface area (Å²) < 4.78 is 0. The van der Waals surface area contributed by atoms with E-state index in [2.05, 4.69) is 109 Å². The van der Waals surface area contributed by atoms with E-state index in [1.807, 2.05) is 12.3 Å². The van der Waals surface area contributed by atoms with Gasteiger partial charge < -0.3 is 4.90 Å². The highest BCUT2D eigenvalue weighted by Crippen LogP contribution is 2.29. The average molecular weight is 350 g/mol. The molecule has 0 saturated carbocycles. The van der Waals surface area contributed by atoms with E-state index >= 15 is 0 Å². The van der Waals surface area contributed by atoms with Crippen LogP contribution in [-0.4, -0.2) is 19.1 Å². The number of hydrogen-bond donors (Lipinski definition) is 0. The Bertz CT molecular complexity index is 1080. The Morgan fingerprint density at radius 2 is 1.52 bits per heavy atom. The van der Waals surface area contributed by atoms with E-state index in [4.69, 9.17) is 0 Å². The van der Waals surface area contributed by atoms with Gasteiger partial charge in [-0.25, -0.2) is 0 Å². The van der Waals surface area contributed by atoms with E-state index in [-0.39, 0.29) is 0 Å². The van der Waals surface area contributed by atoms with Gasteiger partial charge in [0.2, 0.25) is 0 Å². The molecule has 0 bridgehead atoms. The summed E-state index contributed by atoms with van der Waals surface area (Å²) in [6.07, 6.45) is 6.22. The van der Waals surface area contributed by atoms with Gasteiger partial charge in [-0.2, -0.15) is 0 Å². The summed E-state index contributed by atoms with van der Waals surface area (Å²) in [5, 5.41) is 1.17. The molecule has 27 heavy (non-hydrogen) atoms. The Morgan fingerprint density at radius 1 is 0.741 bits per heavy atom. The normalized spacial score (nSPS) is 11.2. The van der Waals surface area contributed by atoms with Crippen LogP contribution in [0.5, 0.6) is 0 Å². The smallest absolute Gasteiger partial charge is 0.0786 e. The molecule has 2 heteroatoms. The highest BCUT2D eigenvalue weighted by Gasteiger charge is 2.06. The van der Waals surface area contributed by atoms with Crippen molar-refractivity contribution in [1.82, 2.24) is 4.98 Å². The molecule has 0 aliphatic heterocycles. The molecule has 2 nitrogen and oxygen atoms in total. The third-order valence-electron chi connectivity index (χ3n) is 4.75. The van der Waals surface area contributed by atoms with Crippen LogP contribution < -0.4 is 4.90 Å². The molecule has 0 saturated heterocycles. The van der Waals surface area contributed by atoms with Gasteiger partial charge >= 0.3 is 0 Å². The molecular weight excluding hydrogens is 328 g/mol. The van der Waals surface area contributed by atoms with Crippen LogP contribution in [0.25, 0.3) is 34.2 Å². The molecule has 0 spiro atoms. The summed E-state index contributed by atoms with van der Waals surface area (Å²) >= 11 is 0. The van der Waals surface area contributed by atoms with Crippen LogP contribution in [0.4, 0.5) is 5.69 Å². The number of fused-ring (bicyclic) bond motifs is 1. The second-order valence-corrected chi connectivity index (χ2v) is 6.79. The van der Waals surface area contributed by atoms with Crippen molar-refractivity contribution in [2.45, 2.75) is 0 Å². The molecule has 3 aromatic carbocycles. The summed E-state index contributed by atoms with van der Waals surface area (Å²) in [7, 11) is 4.11. The Kier molecular flexibility index (Phi) is 4.71. The predicted molar refractivity (Wildman–Crippen MR) is 117 cm³/mol. The monoisotopic (exact) mass is 350 g/mol. The summed E-state index contributed by atoms with van der Waals surface area (Å²) in [6, 6.07) is 27.4. The van der Waals surface area contributed by atoms with Gasteiger partial charge in [0.1, 0.15) is 0 Å². The Labute approximate surface area is 160 Å². The van der Waals surface area contributed by atoms with E-state index in [0.717, 1.165) is 5.52 Å². The maximum Gasteiger partial charge on any atom is 0.0786 e. The molecule has 0 amide bonds. The van der Waals surface area contributed by atoms with Crippen LogP contribution in [0.2, 0.25) is 0 Å². The van der Waals surface area contributed by atoms with Crippen LogP contribution >= 0.6 is 0 Å². The maximum atomic E-state index is 4.66. The lowest BCUT2D eigenvalue weighted by Gasteiger charge is -2.11. The minimum atomic E-state index is 1.04. The third-order valence-corrected chi connectivity index (χ3v) is 4.75. The van der Waals surface area contributed by atoms with E-state index < -0.39 is 0 Å². The van der Waals surface area contributed by atoms with Gasteiger partial charge in [-0.1, -0.05) is 72.8 Å². The lowest BCUT2D eigenvalue weighted by molar-refractivity contribution is 1.13. The molecule has 0 unspecified atom stereocenters. The van der Waals surface area contributed by atoms with Crippen LogP contribution in [0.1, 0.15) is 11.1 Å². The topological polar surface area (TPSA) is 16.1 Å². The molecular formula is C25H22N2. The fraction of sp³-hybridized carbons (Fsp3) is 0.0800. The molecule has 1 heterocycles. The highest BCUT2D eigenvalue weighted by molar-refractivity contribution is 5.99. The zero-order valence-electron chi connectivity index (χ0n) is 15.6. The number of pyridine rings is 1. The van der Waals surface area contributed by atoms with E-state index in [1.54, 1.807) is 0 Å². The number of aromatic nitrogens is 1. The summed E-state index contributed by atoms with van der Waals surface area (Å²) in [5.74, 6) is 0. The Balaban J connectivity index is 1.72. The van der Waals surface area contributed by atoms with E-state index in [1.165, 1.54) is 33.3 Å². The Hall–Kier alpha value is -3.39. The lowest BCUT2D eigenvalue weighted by atomic mass is 9.99. The molecule has 0 radical (unpaired) electrons. The van der Waals surface area contributed by atoms with Crippen molar-refractivity contribution in [2.24, 2.45) is 0 Å². The fourth-order valence-electron chi connectivity index (χ4n) is 3.26. The first kappa shape index (κ1) is 17.0. The van der Waals surface area contributed by atoms with Crippen molar-refractivity contribution in [2.75, 3.05) is 19.0 Å². The summed E-state index contributed by atoms with van der Waals surface area (Å²) in [5.41, 5.74) is 6.96. The van der Waals surface area contributed by atoms with Gasteiger partial charge in [-0.15, -0.1) is 0 Å². The van der Waals surface area contributed by atoms with E-state index in [0.29, 0.717) is 0 Å². The first-order valence-electron chi connectivity index (χ1n) is 9.11. The van der Waals surface area contributed by atoms with Gasteiger partial charge in [-0.05, 0) is 34.9 Å². The fourth-order valence-corrected chi connectivity index (χ4v) is 3.26. The quantitative estimate of drug-likeness (QED) is 0.439. The molecule has 0 aliphatic rings. The Morgan fingerprint density at radius 3 is 2.26 bits per heavy atom. The number of nitrogens with zero attached hydrogens (tertiary/aromatic N) is 2. The van der Waals surface area contributed by atoms with Crippen molar-refractivity contribution in [3.05, 3.63) is 96.2 Å². The number of anilines is 1. The standard InChI is InChI=1S/C25H22N2/c1-27(2)22-15-12-19(13-16-22)11-14-21-17-18-26-25-23(9-6-10-24(21)25)20-7-4-3-5-8-20/h3-18H,1-2H3/b14-11-. The lowest BCUT2D eigenvalue weighted by Crippen LogP contribution is -2.07. The van der Waals surface area contributed by atoms with Gasteiger partial charge in [0.15, 0.2) is 0 Å². The molecule has 0 N–H and O–H groups in total. The van der Waals surface area contributed by atoms with Crippen molar-refractivity contribution in [1.29, 1.82) is 0 Å². The van der Waals surface area contributed by atoms with Crippen LogP contribution in [0, 0.1) is 0 Å². The molecule has 1 aromatic heterocycles. The second-order valence-electron chi connectivity index (χ2n) is 6.79. The van der Waals surface area contributed by atoms with Crippen molar-refractivity contribution in [3.63, 3.8) is 0 Å². The SMILES string of the molecule is CN(C)c1ccc(/C=C\c2ccnc3c(-c4ccccc4)cccc23)cc1. The zero-order valence-corrected chi connectivity index (χ0v) is 15.6. The summed E-state index contributed by atoms with van der Waals surface area (Å²) in [6.45, 7) is 0. The first-order chi connectivity index (χ1) is 13.2. The van der Waals surface area contributed by atoms with Crippen LogP contribution in [0.3, 0.4) is 0 Å². The van der Waals surface area contributed by atoms with Gasteiger partial charge in [-0.3, -0.25) is 4.98 Å². The third kappa shape index (κ3) is 3.61. The van der Waals surface area contributed by atoms with Crippen LogP contribution in [-0.2, 0) is 0 Å². The van der Waals surface area contributed by atoms with E-state index in [9.17, 15) is 0 Å². The second kappa shape index (κ2) is 7.46. The maximum absolute atomic E-state index is 4.66. The molecule has 4 rings (SSSR count). The minimum Gasteiger partial charge on any atom is -0.378 e. The first-order valence-corrected chi connectivity index (χ1v) is 9.11. The van der Waals surface area contributed by atoms with Gasteiger partial charge in [0.25, 0.3) is 0 Å².